The van der Waals surface area contributed by atoms with Gasteiger partial charge in [-0.25, -0.2) is 0 Å². The first-order valence-corrected chi connectivity index (χ1v) is 0.612. The SMILES string of the molecule is O=[Si].[La].[Li].[Zr]. The minimum Gasteiger partial charge on any atom is -0.381 e. The van der Waals surface area contributed by atoms with E-state index in [1.54, 1.807) is 10.1 Å². The van der Waals surface area contributed by atoms with Crippen LogP contribution in [0.15, 0.2) is 0 Å². The molecule has 18 valence electrons. The van der Waals surface area contributed by atoms with Crippen molar-refractivity contribution in [3.63, 3.8) is 0 Å². The molecule has 0 spiro atoms. The Balaban J connectivity index is -0.00000000167. The molecule has 5 heteroatoms. The molecule has 0 aliphatic rings. The van der Waals surface area contributed by atoms with E-state index in [1.807, 2.05) is 0 Å². The van der Waals surface area contributed by atoms with Gasteiger partial charge in [0.05, 0.1) is 0 Å². The third-order valence-electron chi connectivity index (χ3n) is 0. The van der Waals surface area contributed by atoms with Crippen molar-refractivity contribution in [3.05, 3.63) is 0 Å². The average molecular weight is 281 g/mol. The van der Waals surface area contributed by atoms with E-state index in [0.29, 0.717) is 0 Å². The van der Waals surface area contributed by atoms with Crippen LogP contribution < -0.4 is 0 Å². The fourth-order valence-electron chi connectivity index (χ4n) is 0. The fourth-order valence-corrected chi connectivity index (χ4v) is 0. The van der Waals surface area contributed by atoms with Crippen LogP contribution in [0.25, 0.3) is 0 Å². The Bertz CT molecular complexity index is 11.6. The zero-order valence-corrected chi connectivity index (χ0v) is 10.1. The first-order valence-electron chi connectivity index (χ1n) is 0.204. The van der Waals surface area contributed by atoms with Crippen LogP contribution >= 0.6 is 0 Å². The van der Waals surface area contributed by atoms with E-state index in [4.69, 9.17) is 4.46 Å². The van der Waals surface area contributed by atoms with Gasteiger partial charge in [-0.1, -0.05) is 0 Å². The van der Waals surface area contributed by atoms with E-state index in [9.17, 15) is 0 Å². The molecule has 0 atom stereocenters. The summed E-state index contributed by atoms with van der Waals surface area (Å²) in [5, 5.41) is 0. The van der Waals surface area contributed by atoms with Gasteiger partial charge in [-0.2, -0.15) is 0 Å². The van der Waals surface area contributed by atoms with E-state index in [2.05, 4.69) is 0 Å². The molecule has 0 unspecified atom stereocenters. The van der Waals surface area contributed by atoms with Crippen molar-refractivity contribution in [2.24, 2.45) is 0 Å². The summed E-state index contributed by atoms with van der Waals surface area (Å²) in [5.41, 5.74) is 0. The fraction of sp³-hybridized carbons (Fsp3) is 0. The van der Waals surface area contributed by atoms with Gasteiger partial charge in [0.2, 0.25) is 0 Å². The van der Waals surface area contributed by atoms with Gasteiger partial charge in [0, 0.05) is 80.7 Å². The molecular weight excluding hydrogens is 281 g/mol. The summed E-state index contributed by atoms with van der Waals surface area (Å²) in [4.78, 5) is 0. The van der Waals surface area contributed by atoms with Gasteiger partial charge in [0.1, 0.15) is 0 Å². The van der Waals surface area contributed by atoms with E-state index in [-0.39, 0.29) is 80.7 Å². The zero-order chi connectivity index (χ0) is 2.00. The van der Waals surface area contributed by atoms with Crippen LogP contribution in [0.4, 0.5) is 0 Å². The molecule has 1 nitrogen and oxygen atoms in total. The van der Waals surface area contributed by atoms with Gasteiger partial charge >= 0.3 is 10.1 Å². The number of hydrogen-bond donors (Lipinski definition) is 0. The molecule has 0 heterocycles. The molecule has 0 rings (SSSR count). The average Bonchev–Trinajstić information content (AvgIpc) is 1.00. The Morgan fingerprint density at radius 3 is 1.20 bits per heavy atom. The van der Waals surface area contributed by atoms with E-state index < -0.39 is 0 Å². The molecule has 0 N–H and O–H groups in total. The van der Waals surface area contributed by atoms with Crippen molar-refractivity contribution in [2.45, 2.75) is 0 Å². The Hall–Kier alpha value is 2.69. The third-order valence-corrected chi connectivity index (χ3v) is 0. The Kier molecular flexibility index (Phi) is 151. The molecule has 0 bridgehead atoms. The van der Waals surface area contributed by atoms with Gasteiger partial charge in [-0.3, -0.25) is 0 Å². The summed E-state index contributed by atoms with van der Waals surface area (Å²) in [5.74, 6) is 0. The van der Waals surface area contributed by atoms with Gasteiger partial charge in [-0.05, 0) is 0 Å². The van der Waals surface area contributed by atoms with Crippen molar-refractivity contribution < 1.29 is 66.3 Å². The molecule has 0 fully saturated rings. The summed E-state index contributed by atoms with van der Waals surface area (Å²) in [7, 11) is 1.72. The van der Waals surface area contributed by atoms with Crippen molar-refractivity contribution in [1.82, 2.24) is 0 Å². The van der Waals surface area contributed by atoms with Gasteiger partial charge in [0.25, 0.3) is 0 Å². The van der Waals surface area contributed by atoms with E-state index in [1.165, 1.54) is 0 Å². The monoisotopic (exact) mass is 280 g/mol. The standard InChI is InChI=1S/La.Li.OSi.Zr/c;;1-2;. The van der Waals surface area contributed by atoms with Crippen LogP contribution in [0.3, 0.4) is 0 Å². The zero-order valence-electron chi connectivity index (χ0n) is 2.99. The molecular formula is LaLiOSiZr. The summed E-state index contributed by atoms with van der Waals surface area (Å²) >= 11 is 0. The van der Waals surface area contributed by atoms with Gasteiger partial charge < -0.3 is 4.46 Å². The largest absolute Gasteiger partial charge is 0.381 e. The number of rotatable bonds is 0. The first-order chi connectivity index (χ1) is 1.00. The Morgan fingerprint density at radius 1 is 1.20 bits per heavy atom. The van der Waals surface area contributed by atoms with Crippen LogP contribution in [0.2, 0.25) is 0 Å². The van der Waals surface area contributed by atoms with E-state index >= 15 is 0 Å². The Morgan fingerprint density at radius 2 is 1.20 bits per heavy atom. The second-order valence-corrected chi connectivity index (χ2v) is 0. The van der Waals surface area contributed by atoms with Crippen LogP contribution in [0.5, 0.6) is 0 Å². The molecule has 0 aromatic carbocycles. The summed E-state index contributed by atoms with van der Waals surface area (Å²) < 4.78 is 8.06. The third kappa shape index (κ3) is 20.3. The van der Waals surface area contributed by atoms with Gasteiger partial charge in [0.15, 0.2) is 0 Å². The van der Waals surface area contributed by atoms with Crippen LogP contribution in [0.1, 0.15) is 0 Å². The molecule has 0 amide bonds. The molecule has 0 saturated carbocycles. The second kappa shape index (κ2) is 29.9. The quantitative estimate of drug-likeness (QED) is 0.527. The molecule has 4 radical (unpaired) electrons. The maximum Gasteiger partial charge on any atom is 0.381 e. The Labute approximate surface area is 93.4 Å². The number of hydrogen-bond acceptors (Lipinski definition) is 1. The van der Waals surface area contributed by atoms with Crippen molar-refractivity contribution in [3.8, 4) is 0 Å². The predicted molar refractivity (Wildman–Crippen MR) is 12.2 cm³/mol. The molecule has 0 aliphatic heterocycles. The molecule has 0 aliphatic carbocycles. The summed E-state index contributed by atoms with van der Waals surface area (Å²) in [6.45, 7) is 0. The summed E-state index contributed by atoms with van der Waals surface area (Å²) in [6, 6.07) is 0. The predicted octanol–water partition coefficient (Wildman–Crippen LogP) is -0.883. The second-order valence-electron chi connectivity index (χ2n) is 0. The minimum absolute atomic E-state index is 0. The molecule has 0 saturated heterocycles. The smallest absolute Gasteiger partial charge is 0.381 e. The first kappa shape index (κ1) is 25.3. The van der Waals surface area contributed by atoms with E-state index in [0.717, 1.165) is 0 Å². The van der Waals surface area contributed by atoms with Crippen LogP contribution in [-0.4, -0.2) is 29.0 Å². The van der Waals surface area contributed by atoms with Crippen molar-refractivity contribution in [2.75, 3.05) is 0 Å². The molecule has 5 heavy (non-hydrogen) atoms. The normalized spacial score (nSPS) is 0.800. The van der Waals surface area contributed by atoms with Crippen molar-refractivity contribution in [1.29, 1.82) is 0 Å². The topological polar surface area (TPSA) is 17.1 Å². The van der Waals surface area contributed by atoms with Crippen LogP contribution in [0, 0.1) is 35.6 Å². The maximum atomic E-state index is 8.06. The maximum absolute atomic E-state index is 8.06. The van der Waals surface area contributed by atoms with Crippen molar-refractivity contribution >= 4 is 29.0 Å². The summed E-state index contributed by atoms with van der Waals surface area (Å²) in [6.07, 6.45) is 0. The van der Waals surface area contributed by atoms with Crippen LogP contribution in [-0.2, 0) is 30.7 Å². The molecule has 0 aromatic rings. The minimum atomic E-state index is 0. The molecule has 0 aromatic heterocycles. The van der Waals surface area contributed by atoms with Gasteiger partial charge in [-0.15, -0.1) is 0 Å².